The molecular weight excluding hydrogens is 159 g/mol. The second kappa shape index (κ2) is 38.9. The van der Waals surface area contributed by atoms with Gasteiger partial charge in [-0.25, -0.2) is 0 Å². The molecule has 0 heterocycles. The van der Waals surface area contributed by atoms with Crippen molar-refractivity contribution in [3.63, 3.8) is 0 Å². The quantitative estimate of drug-likeness (QED) is 0.107. The van der Waals surface area contributed by atoms with Gasteiger partial charge in [-0.15, -0.1) is 15.5 Å². The molecule has 10 heteroatoms. The molecule has 0 amide bonds. The third-order valence-electron chi connectivity index (χ3n) is 0. The van der Waals surface area contributed by atoms with Crippen LogP contribution in [0.4, 0.5) is 0 Å². The number of rotatable bonds is 0. The van der Waals surface area contributed by atoms with Gasteiger partial charge in [0.05, 0.1) is 0 Å². The van der Waals surface area contributed by atoms with Gasteiger partial charge in [-0.1, -0.05) is 0 Å². The molecule has 0 aliphatic rings. The van der Waals surface area contributed by atoms with Gasteiger partial charge in [-0.2, -0.15) is 0 Å². The molecule has 0 aliphatic heterocycles. The molecule has 0 aliphatic carbocycles. The van der Waals surface area contributed by atoms with Gasteiger partial charge in [0, 0.05) is 0 Å². The van der Waals surface area contributed by atoms with Crippen molar-refractivity contribution in [2.75, 3.05) is 0 Å². The van der Waals surface area contributed by atoms with E-state index in [2.05, 4.69) is 11.7 Å². The molecule has 0 atom stereocenters. The van der Waals surface area contributed by atoms with Crippen LogP contribution in [0.2, 0.25) is 0 Å². The zero-order valence-corrected chi connectivity index (χ0v) is 7.13. The molecule has 0 aromatic heterocycles. The summed E-state index contributed by atoms with van der Waals surface area (Å²) in [7, 11) is 0. The van der Waals surface area contributed by atoms with E-state index in [0.29, 0.717) is 0 Å². The van der Waals surface area contributed by atoms with Crippen LogP contribution in [0, 0.1) is 20.2 Å². The molecule has 0 aromatic rings. The number of nitrogens with zero attached hydrogens (tertiary/aromatic N) is 2. The van der Waals surface area contributed by atoms with Gasteiger partial charge >= 0.3 is 29.6 Å². The van der Waals surface area contributed by atoms with Crippen LogP contribution >= 0.6 is 0 Å². The van der Waals surface area contributed by atoms with Crippen molar-refractivity contribution < 1.29 is 39.9 Å². The summed E-state index contributed by atoms with van der Waals surface area (Å²) in [5.74, 6) is 8.00. The minimum Gasteiger partial charge on any atom is -0.444 e. The summed E-state index contributed by atoms with van der Waals surface area (Å²) in [5.41, 5.74) is 0. The maximum absolute atomic E-state index is 8.36. The molecule has 5 N–H and O–H groups in total. The Morgan fingerprint density at radius 2 is 1.50 bits per heavy atom. The van der Waals surface area contributed by atoms with Crippen molar-refractivity contribution in [3.05, 3.63) is 20.2 Å². The Bertz CT molecular complexity index is 60.7. The van der Waals surface area contributed by atoms with Gasteiger partial charge in [-0.05, 0) is 0 Å². The van der Waals surface area contributed by atoms with Crippen LogP contribution in [0.1, 0.15) is 0 Å². The molecule has 9 nitrogen and oxygen atoms in total. The second-order valence-electron chi connectivity index (χ2n) is 0.312. The zero-order chi connectivity index (χ0) is 8.28. The van der Waals surface area contributed by atoms with Crippen molar-refractivity contribution in [1.29, 1.82) is 0 Å². The van der Waals surface area contributed by atoms with Gasteiger partial charge in [0.15, 0.2) is 0 Å². The number of hydrazine groups is 1. The van der Waals surface area contributed by atoms with E-state index in [1.165, 1.54) is 0 Å². The molecule has 0 spiro atoms. The molecule has 0 bridgehead atoms. The van der Waals surface area contributed by atoms with Crippen LogP contribution in [0.15, 0.2) is 5.34 Å². The Balaban J connectivity index is -0.0000000273. The zero-order valence-electron chi connectivity index (χ0n) is 5.13. The van der Waals surface area contributed by atoms with Crippen LogP contribution in [0.25, 0.3) is 0 Å². The molecule has 0 saturated heterocycles. The fourth-order valence-electron chi connectivity index (χ4n) is 0. The van der Waals surface area contributed by atoms with Gasteiger partial charge in [0.1, 0.15) is 0 Å². The maximum Gasteiger partial charge on any atom is 1.00 e. The van der Waals surface area contributed by atoms with Crippen molar-refractivity contribution in [2.45, 2.75) is 0 Å². The Labute approximate surface area is 77.3 Å². The smallest absolute Gasteiger partial charge is 0.444 e. The largest absolute Gasteiger partial charge is 1.00 e. The first-order chi connectivity index (χ1) is 4.15. The summed E-state index contributed by atoms with van der Waals surface area (Å²) in [6, 6.07) is 0. The molecule has 56 valence electrons. The Kier molecular flexibility index (Phi) is 88.2. The number of nitrogens with two attached hydrogens (primary N) is 2. The van der Waals surface area contributed by atoms with Crippen molar-refractivity contribution in [3.8, 4) is 0 Å². The summed E-state index contributed by atoms with van der Waals surface area (Å²) in [6.45, 7) is 0. The van der Waals surface area contributed by atoms with E-state index in [0.717, 1.165) is 5.34 Å². The first-order valence-corrected chi connectivity index (χ1v) is 1.26. The third kappa shape index (κ3) is 1390. The van der Waals surface area contributed by atoms with E-state index in [1.807, 2.05) is 0 Å². The van der Waals surface area contributed by atoms with E-state index >= 15 is 0 Å². The van der Waals surface area contributed by atoms with Crippen molar-refractivity contribution in [1.82, 2.24) is 0 Å². The van der Waals surface area contributed by atoms with Crippen molar-refractivity contribution >= 4 is 0 Å². The first kappa shape index (κ1) is 22.7. The molecule has 0 unspecified atom stereocenters. The van der Waals surface area contributed by atoms with Crippen LogP contribution in [-0.4, -0.2) is 10.3 Å². The van der Waals surface area contributed by atoms with Crippen LogP contribution in [-0.2, 0) is 0 Å². The van der Waals surface area contributed by atoms with Gasteiger partial charge in [0.25, 0.3) is 5.09 Å². The monoisotopic (exact) mass is 164 g/mol. The van der Waals surface area contributed by atoms with E-state index in [1.54, 1.807) is 0 Å². The van der Waals surface area contributed by atoms with Gasteiger partial charge < -0.3 is 15.3 Å². The fraction of sp³-hybridized carbons (Fsp3) is 0. The minimum atomic E-state index is -1.50. The Morgan fingerprint density at radius 1 is 1.50 bits per heavy atom. The van der Waals surface area contributed by atoms with E-state index < -0.39 is 5.09 Å². The standard InChI is InChI=1S/H4N2.HNO3.HNO2.Na/c1-2;2-1(3)4;2-1-3;/h1-2H2;(H,2,3,4);(H,2,3);/q;;;+1/p-1. The minimum absolute atomic E-state index is 0. The molecule has 0 aromatic carbocycles. The maximum atomic E-state index is 8.36. The first-order valence-electron chi connectivity index (χ1n) is 1.26. The second-order valence-corrected chi connectivity index (χ2v) is 0.312. The van der Waals surface area contributed by atoms with Crippen LogP contribution in [0.5, 0.6) is 0 Å². The Hall–Kier alpha value is -0.480. The van der Waals surface area contributed by atoms with E-state index in [-0.39, 0.29) is 29.6 Å². The molecule has 10 heavy (non-hydrogen) atoms. The predicted molar refractivity (Wildman–Crippen MR) is 26.3 cm³/mol. The normalized spacial score (nSPS) is 4.20. The summed E-state index contributed by atoms with van der Waals surface area (Å²) >= 11 is 0. The number of hydrogen-bond acceptors (Lipinski definition) is 7. The average Bonchev–Trinajstić information content (AvgIpc) is 1.71. The summed E-state index contributed by atoms with van der Waals surface area (Å²) in [6.07, 6.45) is 0. The number of hydrogen-bond donors (Lipinski definition) is 3. The summed E-state index contributed by atoms with van der Waals surface area (Å²) in [4.78, 5) is 16.4. The fourth-order valence-corrected chi connectivity index (χ4v) is 0. The predicted octanol–water partition coefficient (Wildman–Crippen LogP) is -4.27. The molecular formula is H5N4NaO5. The van der Waals surface area contributed by atoms with Crippen LogP contribution < -0.4 is 41.2 Å². The molecule has 0 saturated carbocycles. The van der Waals surface area contributed by atoms with Crippen molar-refractivity contribution in [2.24, 2.45) is 17.0 Å². The Morgan fingerprint density at radius 3 is 1.50 bits per heavy atom. The van der Waals surface area contributed by atoms with E-state index in [9.17, 15) is 0 Å². The molecule has 0 rings (SSSR count). The van der Waals surface area contributed by atoms with Gasteiger partial charge in [-0.3, -0.25) is 11.7 Å². The third-order valence-corrected chi connectivity index (χ3v) is 0. The van der Waals surface area contributed by atoms with E-state index in [4.69, 9.17) is 25.4 Å². The SMILES string of the molecule is NN.O=N[O-].O=[N+]([O-])O.[Na+]. The van der Waals surface area contributed by atoms with Crippen LogP contribution in [0.3, 0.4) is 0 Å². The summed E-state index contributed by atoms with van der Waals surface area (Å²) < 4.78 is 0. The topological polar surface area (TPSA) is 168 Å². The molecule has 0 radical (unpaired) electrons. The average molecular weight is 164 g/mol. The van der Waals surface area contributed by atoms with Gasteiger partial charge in [0.2, 0.25) is 0 Å². The summed E-state index contributed by atoms with van der Waals surface area (Å²) in [5, 5.41) is 22.6. The molecule has 0 fully saturated rings.